The average molecular weight is 560 g/mol. The molecule has 0 aliphatic heterocycles. The molecule has 39 heavy (non-hydrogen) atoms. The fourth-order valence-electron chi connectivity index (χ4n) is 5.46. The quantitative estimate of drug-likeness (QED) is 0.391. The Labute approximate surface area is 221 Å². The number of amides is 2. The van der Waals surface area contributed by atoms with Gasteiger partial charge >= 0.3 is 6.18 Å². The van der Waals surface area contributed by atoms with Gasteiger partial charge in [-0.25, -0.2) is 18.3 Å². The topological polar surface area (TPSA) is 88.4 Å². The highest BCUT2D eigenvalue weighted by Crippen LogP contribution is 2.44. The summed E-state index contributed by atoms with van der Waals surface area (Å²) in [6, 6.07) is 0.533. The van der Waals surface area contributed by atoms with Crippen molar-refractivity contribution in [2.24, 2.45) is 23.7 Å². The van der Waals surface area contributed by atoms with E-state index in [-0.39, 0.29) is 49.3 Å². The number of alkyl halides is 6. The van der Waals surface area contributed by atoms with E-state index >= 15 is 0 Å². The Morgan fingerprint density at radius 2 is 1.77 bits per heavy atom. The van der Waals surface area contributed by atoms with Crippen LogP contribution in [0.4, 0.5) is 26.3 Å². The van der Waals surface area contributed by atoms with E-state index in [1.165, 1.54) is 10.7 Å². The largest absolute Gasteiger partial charge is 0.389 e. The van der Waals surface area contributed by atoms with Crippen LogP contribution < -0.4 is 10.6 Å². The van der Waals surface area contributed by atoms with Gasteiger partial charge in [0, 0.05) is 25.2 Å². The standard InChI is InChI=1S/C26H31F6N5O2/c27-11-16-9-18(16)24(39)36-23(15-3-6-25(28,29)7-4-15)19-13-37-20(34-19)10-17(12-33-37)22(14-1-2-14)35-21(38)5-8-26(30,31)32/h10,12-16,18,22-23H,1-9,11H2,(H,35,38)(H,36,39)/t16-,18+,22?,23-/m0/s1. The third kappa shape index (κ3) is 6.84. The molecule has 0 radical (unpaired) electrons. The van der Waals surface area contributed by atoms with Gasteiger partial charge in [-0.1, -0.05) is 0 Å². The molecule has 2 aromatic heterocycles. The van der Waals surface area contributed by atoms with E-state index in [1.54, 1.807) is 12.3 Å². The molecule has 3 fully saturated rings. The van der Waals surface area contributed by atoms with Gasteiger partial charge in [-0.2, -0.15) is 18.3 Å². The van der Waals surface area contributed by atoms with Gasteiger partial charge in [-0.05, 0) is 61.5 Å². The molecule has 0 saturated heterocycles. The number of nitrogens with zero attached hydrogens (tertiary/aromatic N) is 3. The van der Waals surface area contributed by atoms with Crippen LogP contribution in [0.2, 0.25) is 0 Å². The maximum absolute atomic E-state index is 13.9. The number of rotatable bonds is 10. The molecular weight excluding hydrogens is 528 g/mol. The number of aromatic nitrogens is 3. The molecule has 0 bridgehead atoms. The summed E-state index contributed by atoms with van der Waals surface area (Å²) in [4.78, 5) is 29.7. The number of hydrogen-bond donors (Lipinski definition) is 2. The monoisotopic (exact) mass is 559 g/mol. The summed E-state index contributed by atoms with van der Waals surface area (Å²) in [6.45, 7) is -0.589. The lowest BCUT2D eigenvalue weighted by Crippen LogP contribution is -2.38. The van der Waals surface area contributed by atoms with E-state index in [9.17, 15) is 35.9 Å². The van der Waals surface area contributed by atoms with Crippen LogP contribution in [-0.2, 0) is 9.59 Å². The van der Waals surface area contributed by atoms with Crippen LogP contribution in [0.15, 0.2) is 18.5 Å². The SMILES string of the molecule is O=C(CCC(F)(F)F)NC(c1cnn2cc([C@@H](NC(=O)[C@@H]3C[C@H]3CF)C3CCC(F)(F)CC3)nc2c1)C1CC1. The minimum Gasteiger partial charge on any atom is -0.349 e. The number of imidazole rings is 1. The Hall–Kier alpha value is -2.86. The Morgan fingerprint density at radius 3 is 2.38 bits per heavy atom. The summed E-state index contributed by atoms with van der Waals surface area (Å²) < 4.78 is 79.8. The van der Waals surface area contributed by atoms with Crippen molar-refractivity contribution in [3.63, 3.8) is 0 Å². The Morgan fingerprint density at radius 1 is 1.08 bits per heavy atom. The molecule has 2 N–H and O–H groups in total. The lowest BCUT2D eigenvalue weighted by atomic mass is 9.81. The smallest absolute Gasteiger partial charge is 0.349 e. The van der Waals surface area contributed by atoms with E-state index in [2.05, 4.69) is 20.7 Å². The van der Waals surface area contributed by atoms with Gasteiger partial charge in [0.15, 0.2) is 5.65 Å². The zero-order valence-electron chi connectivity index (χ0n) is 21.2. The van der Waals surface area contributed by atoms with Crippen LogP contribution in [0, 0.1) is 23.7 Å². The number of halogens is 6. The van der Waals surface area contributed by atoms with Crippen LogP contribution in [-0.4, -0.2) is 45.2 Å². The minimum absolute atomic E-state index is 0.0801. The molecule has 214 valence electrons. The number of carbonyl (C=O) groups is 2. The second-order valence-corrected chi connectivity index (χ2v) is 11.2. The highest BCUT2D eigenvalue weighted by molar-refractivity contribution is 5.82. The van der Waals surface area contributed by atoms with Crippen molar-refractivity contribution in [2.45, 2.75) is 82.0 Å². The molecule has 13 heteroatoms. The van der Waals surface area contributed by atoms with Gasteiger partial charge in [0.25, 0.3) is 0 Å². The van der Waals surface area contributed by atoms with Crippen LogP contribution in [0.1, 0.15) is 81.1 Å². The maximum atomic E-state index is 13.9. The molecule has 3 saturated carbocycles. The molecule has 7 nitrogen and oxygen atoms in total. The molecular formula is C26H31F6N5O2. The van der Waals surface area contributed by atoms with Crippen LogP contribution in [0.3, 0.4) is 0 Å². The lowest BCUT2D eigenvalue weighted by molar-refractivity contribution is -0.144. The van der Waals surface area contributed by atoms with E-state index in [0.29, 0.717) is 23.3 Å². The predicted octanol–water partition coefficient (Wildman–Crippen LogP) is 5.23. The Bertz CT molecular complexity index is 1200. The normalized spacial score (nSPS) is 24.8. The Balaban J connectivity index is 1.36. The lowest BCUT2D eigenvalue weighted by Gasteiger charge is -2.33. The van der Waals surface area contributed by atoms with Gasteiger partial charge in [0.1, 0.15) is 0 Å². The first-order valence-electron chi connectivity index (χ1n) is 13.4. The number of nitrogens with one attached hydrogen (secondary N) is 2. The van der Waals surface area contributed by atoms with Crippen LogP contribution in [0.25, 0.3) is 5.65 Å². The molecule has 0 spiro atoms. The zero-order valence-corrected chi connectivity index (χ0v) is 21.2. The van der Waals surface area contributed by atoms with Crippen molar-refractivity contribution >= 4 is 17.5 Å². The summed E-state index contributed by atoms with van der Waals surface area (Å²) in [6.07, 6.45) is -1.29. The van der Waals surface area contributed by atoms with Gasteiger partial charge in [0.2, 0.25) is 17.7 Å². The van der Waals surface area contributed by atoms with Crippen molar-refractivity contribution in [3.05, 3.63) is 29.7 Å². The molecule has 4 atom stereocenters. The number of hydrogen-bond acceptors (Lipinski definition) is 4. The van der Waals surface area contributed by atoms with Gasteiger partial charge in [-0.15, -0.1) is 0 Å². The second kappa shape index (κ2) is 10.6. The van der Waals surface area contributed by atoms with E-state index in [0.717, 1.165) is 12.8 Å². The highest BCUT2D eigenvalue weighted by atomic mass is 19.4. The molecule has 5 rings (SSSR count). The molecule has 2 heterocycles. The number of carbonyl (C=O) groups excluding carboxylic acids is 2. The molecule has 1 unspecified atom stereocenters. The molecule has 2 amide bonds. The fraction of sp³-hybridized carbons (Fsp3) is 0.692. The van der Waals surface area contributed by atoms with Crippen LogP contribution in [0.5, 0.6) is 0 Å². The summed E-state index contributed by atoms with van der Waals surface area (Å²) in [7, 11) is 0. The molecule has 3 aliphatic rings. The van der Waals surface area contributed by atoms with Crippen molar-refractivity contribution in [2.75, 3.05) is 6.67 Å². The van der Waals surface area contributed by atoms with Gasteiger partial charge in [-0.3, -0.25) is 14.0 Å². The Kier molecular flexibility index (Phi) is 7.53. The first-order chi connectivity index (χ1) is 18.4. The van der Waals surface area contributed by atoms with E-state index < -0.39 is 55.5 Å². The summed E-state index contributed by atoms with van der Waals surface area (Å²) in [5.41, 5.74) is 1.44. The second-order valence-electron chi connectivity index (χ2n) is 11.2. The van der Waals surface area contributed by atoms with Crippen molar-refractivity contribution in [1.82, 2.24) is 25.2 Å². The zero-order chi connectivity index (χ0) is 27.9. The maximum Gasteiger partial charge on any atom is 0.389 e. The minimum atomic E-state index is -4.42. The number of fused-ring (bicyclic) bond motifs is 1. The van der Waals surface area contributed by atoms with Crippen molar-refractivity contribution in [3.8, 4) is 0 Å². The summed E-state index contributed by atoms with van der Waals surface area (Å²) >= 11 is 0. The van der Waals surface area contributed by atoms with Crippen molar-refractivity contribution < 1.29 is 35.9 Å². The first kappa shape index (κ1) is 27.7. The molecule has 3 aliphatic carbocycles. The first-order valence-corrected chi connectivity index (χ1v) is 13.4. The van der Waals surface area contributed by atoms with E-state index in [1.807, 2.05) is 0 Å². The summed E-state index contributed by atoms with van der Waals surface area (Å²) in [5.74, 6) is -4.73. The van der Waals surface area contributed by atoms with Gasteiger partial charge < -0.3 is 10.6 Å². The summed E-state index contributed by atoms with van der Waals surface area (Å²) in [5, 5.41) is 10.0. The van der Waals surface area contributed by atoms with Crippen LogP contribution >= 0.6 is 0 Å². The third-order valence-electron chi connectivity index (χ3n) is 8.07. The third-order valence-corrected chi connectivity index (χ3v) is 8.07. The highest BCUT2D eigenvalue weighted by Gasteiger charge is 2.45. The average Bonchev–Trinajstić information content (AvgIpc) is 3.80. The predicted molar refractivity (Wildman–Crippen MR) is 127 cm³/mol. The molecule has 0 aromatic carbocycles. The fourth-order valence-corrected chi connectivity index (χ4v) is 5.46. The van der Waals surface area contributed by atoms with Gasteiger partial charge in [0.05, 0.1) is 43.3 Å². The molecule has 2 aromatic rings. The van der Waals surface area contributed by atoms with E-state index in [4.69, 9.17) is 0 Å². The van der Waals surface area contributed by atoms with Crippen molar-refractivity contribution in [1.29, 1.82) is 0 Å².